The molecule has 0 aliphatic carbocycles. The average Bonchev–Trinajstić information content (AvgIpc) is 3.17. The molecule has 3 rings (SSSR count). The Kier molecular flexibility index (Phi) is 5.57. The average molecular weight is 414 g/mol. The minimum absolute atomic E-state index is 0.0303. The van der Waals surface area contributed by atoms with Gasteiger partial charge in [0.05, 0.1) is 19.9 Å². The SMILES string of the molecule is COC(=O)c1nc(-c2cc(F)c(Cl)c(F)c2)nc(NCc2ccco2)c1Cl. The summed E-state index contributed by atoms with van der Waals surface area (Å²) in [6.07, 6.45) is 1.49. The number of nitrogens with zero attached hydrogens (tertiary/aromatic N) is 2. The molecule has 10 heteroatoms. The molecule has 0 spiro atoms. The summed E-state index contributed by atoms with van der Waals surface area (Å²) in [6.45, 7) is 0.202. The minimum atomic E-state index is -0.991. The molecule has 0 radical (unpaired) electrons. The Morgan fingerprint density at radius 3 is 2.52 bits per heavy atom. The van der Waals surface area contributed by atoms with E-state index in [1.54, 1.807) is 12.1 Å². The second kappa shape index (κ2) is 7.89. The molecule has 0 aliphatic rings. The first kappa shape index (κ1) is 19.1. The number of hydrogen-bond donors (Lipinski definition) is 1. The molecule has 0 saturated heterocycles. The van der Waals surface area contributed by atoms with Gasteiger partial charge in [0, 0.05) is 5.56 Å². The van der Waals surface area contributed by atoms with Crippen molar-refractivity contribution in [3.63, 3.8) is 0 Å². The van der Waals surface area contributed by atoms with Gasteiger partial charge in [0.25, 0.3) is 0 Å². The molecule has 1 N–H and O–H groups in total. The van der Waals surface area contributed by atoms with Gasteiger partial charge in [-0.3, -0.25) is 0 Å². The number of carbonyl (C=O) groups is 1. The Labute approximate surface area is 162 Å². The van der Waals surface area contributed by atoms with E-state index in [-0.39, 0.29) is 34.5 Å². The van der Waals surface area contributed by atoms with E-state index in [9.17, 15) is 13.6 Å². The van der Waals surface area contributed by atoms with Crippen molar-refractivity contribution in [3.8, 4) is 11.4 Å². The van der Waals surface area contributed by atoms with E-state index in [2.05, 4.69) is 20.0 Å². The predicted molar refractivity (Wildman–Crippen MR) is 94.8 cm³/mol. The van der Waals surface area contributed by atoms with Gasteiger partial charge in [-0.1, -0.05) is 23.2 Å². The smallest absolute Gasteiger partial charge is 0.358 e. The highest BCUT2D eigenvalue weighted by molar-refractivity contribution is 6.35. The number of benzene rings is 1. The molecule has 1 aromatic carbocycles. The van der Waals surface area contributed by atoms with Crippen molar-refractivity contribution in [2.75, 3.05) is 12.4 Å². The Morgan fingerprint density at radius 1 is 1.22 bits per heavy atom. The molecule has 0 bridgehead atoms. The van der Waals surface area contributed by atoms with E-state index < -0.39 is 22.6 Å². The van der Waals surface area contributed by atoms with Crippen LogP contribution in [-0.4, -0.2) is 23.0 Å². The van der Waals surface area contributed by atoms with Gasteiger partial charge >= 0.3 is 5.97 Å². The van der Waals surface area contributed by atoms with Crippen molar-refractivity contribution in [2.24, 2.45) is 0 Å². The summed E-state index contributed by atoms with van der Waals surface area (Å²) in [5, 5.41) is 2.13. The second-order valence-electron chi connectivity index (χ2n) is 5.24. The first-order valence-electron chi connectivity index (χ1n) is 7.47. The molecule has 2 heterocycles. The Hall–Kier alpha value is -2.71. The van der Waals surface area contributed by atoms with Gasteiger partial charge in [-0.25, -0.2) is 23.5 Å². The van der Waals surface area contributed by atoms with Gasteiger partial charge in [-0.15, -0.1) is 0 Å². The van der Waals surface area contributed by atoms with Crippen LogP contribution >= 0.6 is 23.2 Å². The lowest BCUT2D eigenvalue weighted by molar-refractivity contribution is 0.0594. The van der Waals surface area contributed by atoms with Crippen LogP contribution < -0.4 is 5.32 Å². The number of anilines is 1. The monoisotopic (exact) mass is 413 g/mol. The van der Waals surface area contributed by atoms with Crippen LogP contribution in [0.1, 0.15) is 16.2 Å². The van der Waals surface area contributed by atoms with Crippen LogP contribution in [0.4, 0.5) is 14.6 Å². The molecular weight excluding hydrogens is 403 g/mol. The first-order chi connectivity index (χ1) is 12.9. The zero-order valence-electron chi connectivity index (χ0n) is 13.7. The van der Waals surface area contributed by atoms with Crippen LogP contribution in [0, 0.1) is 11.6 Å². The van der Waals surface area contributed by atoms with Crippen molar-refractivity contribution in [1.82, 2.24) is 9.97 Å². The molecule has 27 heavy (non-hydrogen) atoms. The van der Waals surface area contributed by atoms with E-state index in [0.717, 1.165) is 19.2 Å². The van der Waals surface area contributed by atoms with Gasteiger partial charge in [0.15, 0.2) is 11.5 Å². The standard InChI is InChI=1S/C17H11Cl2F2N3O3/c1-26-17(25)14-13(19)16(22-7-9-3-2-4-27-9)24-15(23-14)8-5-10(20)12(18)11(21)6-8/h2-6H,7H2,1H3,(H,22,23,24). The third kappa shape index (κ3) is 4.01. The number of rotatable bonds is 5. The lowest BCUT2D eigenvalue weighted by Gasteiger charge is -2.12. The Bertz CT molecular complexity index is 974. The van der Waals surface area contributed by atoms with E-state index in [0.29, 0.717) is 5.76 Å². The van der Waals surface area contributed by atoms with E-state index in [1.165, 1.54) is 6.26 Å². The number of hydrogen-bond acceptors (Lipinski definition) is 6. The number of nitrogens with one attached hydrogen (secondary N) is 1. The second-order valence-corrected chi connectivity index (χ2v) is 5.99. The molecule has 0 amide bonds. The van der Waals surface area contributed by atoms with E-state index in [4.69, 9.17) is 27.6 Å². The Morgan fingerprint density at radius 2 is 1.93 bits per heavy atom. The summed E-state index contributed by atoms with van der Waals surface area (Å²) >= 11 is 11.7. The number of furan rings is 1. The number of esters is 1. The Balaban J connectivity index is 2.08. The maximum atomic E-state index is 13.8. The zero-order valence-corrected chi connectivity index (χ0v) is 15.2. The van der Waals surface area contributed by atoms with Gasteiger partial charge in [0.2, 0.25) is 0 Å². The highest BCUT2D eigenvalue weighted by atomic mass is 35.5. The summed E-state index contributed by atoms with van der Waals surface area (Å²) in [5.41, 5.74) is -0.292. The molecule has 0 saturated carbocycles. The van der Waals surface area contributed by atoms with Gasteiger partial charge < -0.3 is 14.5 Å². The molecule has 0 fully saturated rings. The van der Waals surface area contributed by atoms with E-state index in [1.807, 2.05) is 0 Å². The summed E-state index contributed by atoms with van der Waals surface area (Å²) in [7, 11) is 1.15. The van der Waals surface area contributed by atoms with Crippen molar-refractivity contribution < 1.29 is 22.7 Å². The summed E-state index contributed by atoms with van der Waals surface area (Å²) in [5.74, 6) is -2.32. The van der Waals surface area contributed by atoms with Crippen LogP contribution in [0.3, 0.4) is 0 Å². The molecular formula is C17H11Cl2F2N3O3. The molecule has 6 nitrogen and oxygen atoms in total. The fourth-order valence-corrected chi connectivity index (χ4v) is 2.53. The van der Waals surface area contributed by atoms with Gasteiger partial charge in [0.1, 0.15) is 33.3 Å². The number of halogens is 4. The highest BCUT2D eigenvalue weighted by Gasteiger charge is 2.21. The maximum Gasteiger partial charge on any atom is 0.358 e. The minimum Gasteiger partial charge on any atom is -0.467 e. The van der Waals surface area contributed by atoms with E-state index >= 15 is 0 Å². The highest BCUT2D eigenvalue weighted by Crippen LogP contribution is 2.30. The van der Waals surface area contributed by atoms with Crippen LogP contribution in [-0.2, 0) is 11.3 Å². The van der Waals surface area contributed by atoms with Gasteiger partial charge in [-0.2, -0.15) is 0 Å². The largest absolute Gasteiger partial charge is 0.467 e. The summed E-state index contributed by atoms with van der Waals surface area (Å²) in [6, 6.07) is 5.31. The van der Waals surface area contributed by atoms with Crippen molar-refractivity contribution in [2.45, 2.75) is 6.54 Å². The zero-order chi connectivity index (χ0) is 19.6. The van der Waals surface area contributed by atoms with Crippen LogP contribution in [0.25, 0.3) is 11.4 Å². The number of aromatic nitrogens is 2. The van der Waals surface area contributed by atoms with Crippen molar-refractivity contribution >= 4 is 35.0 Å². The molecule has 0 unspecified atom stereocenters. The van der Waals surface area contributed by atoms with Crippen molar-refractivity contribution in [3.05, 3.63) is 63.7 Å². The predicted octanol–water partition coefficient (Wildman–Crippen LogP) is 4.72. The maximum absolute atomic E-state index is 13.8. The molecule has 0 atom stereocenters. The lowest BCUT2D eigenvalue weighted by atomic mass is 10.2. The number of carbonyl (C=O) groups excluding carboxylic acids is 1. The van der Waals surface area contributed by atoms with Crippen LogP contribution in [0.5, 0.6) is 0 Å². The fraction of sp³-hybridized carbons (Fsp3) is 0.118. The summed E-state index contributed by atoms with van der Waals surface area (Å²) < 4.78 is 37.4. The van der Waals surface area contributed by atoms with Crippen LogP contribution in [0.15, 0.2) is 34.9 Å². The fourth-order valence-electron chi connectivity index (χ4n) is 2.19. The van der Waals surface area contributed by atoms with Gasteiger partial charge in [-0.05, 0) is 24.3 Å². The first-order valence-corrected chi connectivity index (χ1v) is 8.23. The molecule has 140 valence electrons. The molecule has 2 aromatic heterocycles. The lowest BCUT2D eigenvalue weighted by Crippen LogP contribution is -2.11. The third-order valence-electron chi connectivity index (χ3n) is 3.48. The topological polar surface area (TPSA) is 77.2 Å². The quantitative estimate of drug-likeness (QED) is 0.481. The normalized spacial score (nSPS) is 10.7. The number of ether oxygens (including phenoxy) is 1. The van der Waals surface area contributed by atoms with Crippen LogP contribution in [0.2, 0.25) is 10.0 Å². The molecule has 3 aromatic rings. The molecule has 0 aliphatic heterocycles. The number of methoxy groups -OCH3 is 1. The third-order valence-corrected chi connectivity index (χ3v) is 4.20. The van der Waals surface area contributed by atoms with Crippen molar-refractivity contribution in [1.29, 1.82) is 0 Å². The summed E-state index contributed by atoms with van der Waals surface area (Å²) in [4.78, 5) is 20.1.